The van der Waals surface area contributed by atoms with Crippen molar-refractivity contribution < 1.29 is 14.3 Å². The van der Waals surface area contributed by atoms with Crippen LogP contribution in [0, 0.1) is 0 Å². The van der Waals surface area contributed by atoms with E-state index in [2.05, 4.69) is 70.4 Å². The molecule has 4 aromatic carbocycles. The molecular weight excluding hydrogens is 829 g/mol. The third-order valence-electron chi connectivity index (χ3n) is 12.5. The number of nitrogens with two attached hydrogens (primary N) is 1. The smallest absolute Gasteiger partial charge is 0.246 e. The molecule has 8 aromatic rings. The van der Waals surface area contributed by atoms with E-state index in [0.29, 0.717) is 72.5 Å². The number of carbonyl (C=O) groups excluding carboxylic acids is 2. The van der Waals surface area contributed by atoms with Crippen LogP contribution in [0.1, 0.15) is 55.3 Å². The molecule has 3 N–H and O–H groups in total. The van der Waals surface area contributed by atoms with Gasteiger partial charge < -0.3 is 25.6 Å². The van der Waals surface area contributed by atoms with Crippen molar-refractivity contribution in [3.8, 4) is 34.0 Å². The third kappa shape index (κ3) is 8.66. The summed E-state index contributed by atoms with van der Waals surface area (Å²) in [7, 11) is 0. The van der Waals surface area contributed by atoms with E-state index in [1.165, 1.54) is 29.9 Å². The summed E-state index contributed by atoms with van der Waals surface area (Å²) in [4.78, 5) is 48.9. The van der Waals surface area contributed by atoms with Gasteiger partial charge in [-0.2, -0.15) is 10.2 Å². The zero-order valence-electron chi connectivity index (χ0n) is 36.5. The van der Waals surface area contributed by atoms with E-state index < -0.39 is 0 Å². The van der Waals surface area contributed by atoms with Gasteiger partial charge in [-0.25, -0.2) is 29.3 Å². The minimum atomic E-state index is -0.104. The van der Waals surface area contributed by atoms with E-state index in [-0.39, 0.29) is 30.3 Å². The van der Waals surface area contributed by atoms with E-state index in [1.54, 1.807) is 0 Å². The topological polar surface area (TPSA) is 175 Å². The largest absolute Gasteiger partial charge is 0.457 e. The Bertz CT molecular complexity index is 3010. The van der Waals surface area contributed by atoms with E-state index in [1.807, 2.05) is 79.8 Å². The van der Waals surface area contributed by atoms with Crippen molar-refractivity contribution in [1.82, 2.24) is 49.3 Å². The maximum absolute atomic E-state index is 14.0. The number of rotatable bonds is 13. The average Bonchev–Trinajstić information content (AvgIpc) is 3.96. The van der Waals surface area contributed by atoms with Crippen LogP contribution in [0.25, 0.3) is 44.6 Å². The Morgan fingerprint density at radius 3 is 1.92 bits per heavy atom. The van der Waals surface area contributed by atoms with Crippen LogP contribution in [-0.2, 0) is 16.0 Å². The number of hydrogen-bond acceptors (Lipinski definition) is 11. The number of nitrogens with one attached hydrogen (secondary N) is 1. The number of amides is 2. The number of para-hydroxylation sites is 1. The van der Waals surface area contributed by atoms with Crippen molar-refractivity contribution in [2.45, 2.75) is 50.6 Å². The number of piperidine rings is 2. The number of likely N-dealkylation sites (tertiary alicyclic amines) is 2. The van der Waals surface area contributed by atoms with Crippen molar-refractivity contribution in [2.24, 2.45) is 0 Å². The zero-order valence-corrected chi connectivity index (χ0v) is 36.5. The number of anilines is 2. The van der Waals surface area contributed by atoms with E-state index in [0.717, 1.165) is 60.1 Å². The molecule has 2 aliphatic rings. The molecule has 0 saturated carbocycles. The molecule has 2 aliphatic heterocycles. The molecule has 0 spiro atoms. The van der Waals surface area contributed by atoms with Crippen molar-refractivity contribution in [1.29, 1.82) is 0 Å². The Labute approximate surface area is 382 Å². The van der Waals surface area contributed by atoms with Crippen LogP contribution in [0.5, 0.6) is 11.5 Å². The van der Waals surface area contributed by atoms with Gasteiger partial charge in [-0.3, -0.25) is 9.59 Å². The van der Waals surface area contributed by atoms with Gasteiger partial charge in [0.05, 0.1) is 22.9 Å². The number of nitrogen functional groups attached to an aromatic ring is 1. The van der Waals surface area contributed by atoms with Crippen LogP contribution in [0.2, 0.25) is 0 Å². The molecule has 0 bridgehead atoms. The Balaban J connectivity index is 0.869. The van der Waals surface area contributed by atoms with Crippen LogP contribution in [0.15, 0.2) is 135 Å². The van der Waals surface area contributed by atoms with Gasteiger partial charge >= 0.3 is 0 Å². The zero-order chi connectivity index (χ0) is 45.0. The summed E-state index contributed by atoms with van der Waals surface area (Å²) in [6.07, 6.45) is 8.74. The second-order valence-electron chi connectivity index (χ2n) is 16.9. The molecule has 2 saturated heterocycles. The normalized spacial score (nSPS) is 16.4. The van der Waals surface area contributed by atoms with E-state index >= 15 is 0 Å². The first-order valence-electron chi connectivity index (χ1n) is 22.5. The maximum atomic E-state index is 14.0. The number of nitrogens with zero attached hydrogens (tertiary/aromatic N) is 10. The third-order valence-corrected chi connectivity index (χ3v) is 12.5. The van der Waals surface area contributed by atoms with Crippen LogP contribution in [-0.4, -0.2) is 93.8 Å². The number of aromatic nitrogens is 8. The number of hydrogen-bond donors (Lipinski definition) is 2. The molecule has 332 valence electrons. The average molecular weight is 879 g/mol. The second kappa shape index (κ2) is 18.6. The molecule has 6 heterocycles. The lowest BCUT2D eigenvalue weighted by atomic mass is 10.0. The first-order chi connectivity index (χ1) is 32.4. The molecule has 66 heavy (non-hydrogen) atoms. The molecule has 2 amide bonds. The predicted octanol–water partition coefficient (Wildman–Crippen LogP) is 8.28. The van der Waals surface area contributed by atoms with Gasteiger partial charge in [-0.15, -0.1) is 0 Å². The summed E-state index contributed by atoms with van der Waals surface area (Å²) in [6, 6.07) is 36.0. The number of fused-ring (bicyclic) bond motifs is 2. The van der Waals surface area contributed by atoms with Crippen LogP contribution in [0.3, 0.4) is 0 Å². The Morgan fingerprint density at radius 1 is 0.682 bits per heavy atom. The predicted molar refractivity (Wildman–Crippen MR) is 255 cm³/mol. The lowest BCUT2D eigenvalue weighted by Gasteiger charge is -2.33. The first kappa shape index (κ1) is 42.0. The Morgan fingerprint density at radius 2 is 1.24 bits per heavy atom. The Hall–Kier alpha value is -7.94. The summed E-state index contributed by atoms with van der Waals surface area (Å²) in [5, 5.41) is 15.2. The van der Waals surface area contributed by atoms with Crippen molar-refractivity contribution >= 4 is 45.5 Å². The van der Waals surface area contributed by atoms with Gasteiger partial charge in [0, 0.05) is 50.3 Å². The number of benzene rings is 4. The molecule has 0 aliphatic carbocycles. The van der Waals surface area contributed by atoms with Crippen molar-refractivity contribution in [2.75, 3.05) is 43.8 Å². The lowest BCUT2D eigenvalue weighted by Crippen LogP contribution is -2.41. The standard InChI is InChI=1S/C51H50N12O3/c1-2-42(64)60-27-9-13-38(30-60)63-51-45(47(59-63)37-21-23-41(24-22-37)66-40-15-7-4-8-16-40)49(55-33-57-51)53-26-25-43(65)61-28-10-14-39(31-61)62-50-44(48(52)54-32-56-50)46(58-62)36-19-17-35(18-20-36)29-34-11-5-3-6-12-34/h2-8,11-12,15-24,32-33,38-39H,1,9-10,13-14,25-31H2,(H2,52,54,56)(H,53,55,57)/t38-,39-/m1/s1. The second-order valence-corrected chi connectivity index (χ2v) is 16.9. The molecule has 0 radical (unpaired) electrons. The van der Waals surface area contributed by atoms with Gasteiger partial charge in [0.25, 0.3) is 0 Å². The monoisotopic (exact) mass is 878 g/mol. The summed E-state index contributed by atoms with van der Waals surface area (Å²) < 4.78 is 9.95. The van der Waals surface area contributed by atoms with Crippen LogP contribution in [0.4, 0.5) is 11.6 Å². The molecule has 2 atom stereocenters. The maximum Gasteiger partial charge on any atom is 0.246 e. The highest BCUT2D eigenvalue weighted by molar-refractivity contribution is 6.00. The van der Waals surface area contributed by atoms with Crippen LogP contribution < -0.4 is 15.8 Å². The minimum Gasteiger partial charge on any atom is -0.457 e. The highest BCUT2D eigenvalue weighted by atomic mass is 16.5. The quantitative estimate of drug-likeness (QED) is 0.107. The summed E-state index contributed by atoms with van der Waals surface area (Å²) in [6.45, 7) is 6.33. The molecule has 2 fully saturated rings. The number of ether oxygens (including phenoxy) is 1. The number of carbonyl (C=O) groups is 2. The molecule has 0 unspecified atom stereocenters. The molecule has 15 nitrogen and oxygen atoms in total. The summed E-state index contributed by atoms with van der Waals surface area (Å²) >= 11 is 0. The first-order valence-corrected chi connectivity index (χ1v) is 22.5. The molecular formula is C51H50N12O3. The van der Waals surface area contributed by atoms with Crippen molar-refractivity contribution in [3.63, 3.8) is 0 Å². The SMILES string of the molecule is C=CC(=O)N1CCC[C@@H](n2nc(-c3ccc(Oc4ccccc4)cc3)c3c(NCCC(=O)N4CCC[C@@H](n5nc(-c6ccc(Cc7ccccc7)cc6)c6c(N)ncnc65)C4)ncnc32)C1. The van der Waals surface area contributed by atoms with Gasteiger partial charge in [0.2, 0.25) is 11.8 Å². The van der Waals surface area contributed by atoms with Gasteiger partial charge in [-0.1, -0.05) is 79.4 Å². The van der Waals surface area contributed by atoms with E-state index in [4.69, 9.17) is 30.6 Å². The van der Waals surface area contributed by atoms with Crippen molar-refractivity contribution in [3.05, 3.63) is 146 Å². The van der Waals surface area contributed by atoms with Gasteiger partial charge in [0.15, 0.2) is 11.3 Å². The van der Waals surface area contributed by atoms with Gasteiger partial charge in [0.1, 0.15) is 47.2 Å². The molecule has 4 aromatic heterocycles. The molecule has 15 heteroatoms. The fourth-order valence-corrected chi connectivity index (χ4v) is 9.24. The Kier molecular flexibility index (Phi) is 11.9. The minimum absolute atomic E-state index is 0.0245. The lowest BCUT2D eigenvalue weighted by molar-refractivity contribution is -0.132. The highest BCUT2D eigenvalue weighted by Crippen LogP contribution is 2.37. The fraction of sp³-hybridized carbons (Fsp3) is 0.255. The highest BCUT2D eigenvalue weighted by Gasteiger charge is 2.31. The molecule has 10 rings (SSSR count). The van der Waals surface area contributed by atoms with E-state index in [9.17, 15) is 9.59 Å². The summed E-state index contributed by atoms with van der Waals surface area (Å²) in [5.74, 6) is 2.30. The van der Waals surface area contributed by atoms with Gasteiger partial charge in [-0.05, 0) is 85.7 Å². The van der Waals surface area contributed by atoms with Crippen LogP contribution >= 0.6 is 0 Å². The summed E-state index contributed by atoms with van der Waals surface area (Å²) in [5.41, 5.74) is 13.4. The fourth-order valence-electron chi connectivity index (χ4n) is 9.24.